The van der Waals surface area contributed by atoms with Crippen LogP contribution in [0.1, 0.15) is 48.7 Å². The van der Waals surface area contributed by atoms with E-state index >= 15 is 0 Å². The molecule has 2 rings (SSSR count). The fourth-order valence-electron chi connectivity index (χ4n) is 2.38. The van der Waals surface area contributed by atoms with Crippen molar-refractivity contribution in [3.63, 3.8) is 0 Å². The largest absolute Gasteiger partial charge is 0.488 e. The van der Waals surface area contributed by atoms with Gasteiger partial charge in [0.2, 0.25) is 0 Å². The lowest BCUT2D eigenvalue weighted by atomic mass is 10.1. The summed E-state index contributed by atoms with van der Waals surface area (Å²) in [5.41, 5.74) is 2.06. The fourth-order valence-corrected chi connectivity index (χ4v) is 3.19. The summed E-state index contributed by atoms with van der Waals surface area (Å²) >= 11 is 1.73. The van der Waals surface area contributed by atoms with Crippen molar-refractivity contribution >= 4 is 41.3 Å². The number of nitrogens with one attached hydrogen (secondary N) is 2. The van der Waals surface area contributed by atoms with Gasteiger partial charge in [0.05, 0.1) is 6.54 Å². The van der Waals surface area contributed by atoms with Crippen LogP contribution in [-0.2, 0) is 19.5 Å². The number of ether oxygens (including phenoxy) is 1. The van der Waals surface area contributed by atoms with Crippen molar-refractivity contribution in [3.05, 3.63) is 45.4 Å². The van der Waals surface area contributed by atoms with Gasteiger partial charge in [-0.15, -0.1) is 35.3 Å². The van der Waals surface area contributed by atoms with E-state index < -0.39 is 0 Å². The SMILES string of the molecule is CCc1cnc(CNC(=NC)NCc2ccc(C)cc2OC(C)(C)C)s1.I. The van der Waals surface area contributed by atoms with E-state index in [0.717, 1.165) is 28.7 Å². The van der Waals surface area contributed by atoms with Crippen molar-refractivity contribution in [1.29, 1.82) is 0 Å². The van der Waals surface area contributed by atoms with Gasteiger partial charge in [-0.2, -0.15) is 0 Å². The highest BCUT2D eigenvalue weighted by Gasteiger charge is 2.15. The maximum Gasteiger partial charge on any atom is 0.191 e. The number of nitrogens with zero attached hydrogens (tertiary/aromatic N) is 2. The zero-order valence-corrected chi connectivity index (χ0v) is 20.2. The van der Waals surface area contributed by atoms with Crippen molar-refractivity contribution < 1.29 is 4.74 Å². The molecule has 1 aromatic carbocycles. The van der Waals surface area contributed by atoms with Gasteiger partial charge in [0.15, 0.2) is 5.96 Å². The maximum atomic E-state index is 6.12. The van der Waals surface area contributed by atoms with Crippen molar-refractivity contribution in [2.24, 2.45) is 4.99 Å². The molecule has 0 aliphatic rings. The second-order valence-corrected chi connectivity index (χ2v) is 8.38. The second kappa shape index (κ2) is 10.8. The van der Waals surface area contributed by atoms with Gasteiger partial charge in [-0.25, -0.2) is 4.98 Å². The van der Waals surface area contributed by atoms with Crippen molar-refractivity contribution in [3.8, 4) is 5.75 Å². The second-order valence-electron chi connectivity index (χ2n) is 7.18. The number of hydrogen-bond donors (Lipinski definition) is 2. The van der Waals surface area contributed by atoms with E-state index in [0.29, 0.717) is 13.1 Å². The number of thiazole rings is 1. The van der Waals surface area contributed by atoms with Gasteiger partial charge in [-0.05, 0) is 45.7 Å². The Balaban J connectivity index is 0.00000364. The molecule has 5 nitrogen and oxygen atoms in total. The molecule has 7 heteroatoms. The molecule has 0 saturated carbocycles. The number of benzene rings is 1. The molecule has 0 bridgehead atoms. The van der Waals surface area contributed by atoms with Crippen LogP contribution >= 0.6 is 35.3 Å². The predicted octanol–water partition coefficient (Wildman–Crippen LogP) is 4.67. The third kappa shape index (κ3) is 8.04. The Hall–Kier alpha value is -1.35. The average molecular weight is 502 g/mol. The molecular formula is C20H31IN4OS. The Kier molecular flexibility index (Phi) is 9.52. The van der Waals surface area contributed by atoms with E-state index in [2.05, 4.69) is 73.4 Å². The van der Waals surface area contributed by atoms with Crippen LogP contribution in [0.5, 0.6) is 5.75 Å². The van der Waals surface area contributed by atoms with Crippen LogP contribution in [0.2, 0.25) is 0 Å². The van der Waals surface area contributed by atoms with Crippen LogP contribution in [-0.4, -0.2) is 23.6 Å². The molecule has 1 heterocycles. The van der Waals surface area contributed by atoms with E-state index in [1.807, 2.05) is 6.20 Å². The Bertz CT molecular complexity index is 753. The number of aryl methyl sites for hydroxylation is 2. The summed E-state index contributed by atoms with van der Waals surface area (Å²) in [6.45, 7) is 11.7. The molecular weight excluding hydrogens is 471 g/mol. The van der Waals surface area contributed by atoms with Crippen LogP contribution in [0.25, 0.3) is 0 Å². The summed E-state index contributed by atoms with van der Waals surface area (Å²) in [5, 5.41) is 7.74. The summed E-state index contributed by atoms with van der Waals surface area (Å²) in [4.78, 5) is 10.0. The van der Waals surface area contributed by atoms with Crippen molar-refractivity contribution in [2.45, 2.75) is 59.7 Å². The molecule has 1 aromatic heterocycles. The Morgan fingerprint density at radius 2 is 1.93 bits per heavy atom. The highest BCUT2D eigenvalue weighted by atomic mass is 127. The minimum Gasteiger partial charge on any atom is -0.488 e. The molecule has 27 heavy (non-hydrogen) atoms. The first-order valence-corrected chi connectivity index (χ1v) is 9.79. The van der Waals surface area contributed by atoms with Crippen LogP contribution in [0.15, 0.2) is 29.4 Å². The van der Waals surface area contributed by atoms with Gasteiger partial charge >= 0.3 is 0 Å². The summed E-state index contributed by atoms with van der Waals surface area (Å²) < 4.78 is 6.12. The minimum absolute atomic E-state index is 0. The number of aromatic nitrogens is 1. The summed E-state index contributed by atoms with van der Waals surface area (Å²) in [7, 11) is 1.77. The predicted molar refractivity (Wildman–Crippen MR) is 126 cm³/mol. The van der Waals surface area contributed by atoms with Crippen molar-refractivity contribution in [2.75, 3.05) is 7.05 Å². The number of halogens is 1. The monoisotopic (exact) mass is 502 g/mol. The van der Waals surface area contributed by atoms with Gasteiger partial charge in [0, 0.05) is 30.2 Å². The highest BCUT2D eigenvalue weighted by Crippen LogP contribution is 2.24. The van der Waals surface area contributed by atoms with E-state index in [4.69, 9.17) is 4.74 Å². The third-order valence-corrected chi connectivity index (χ3v) is 4.81. The smallest absolute Gasteiger partial charge is 0.191 e. The molecule has 0 amide bonds. The number of guanidine groups is 1. The number of aliphatic imine (C=N–C) groups is 1. The molecule has 0 unspecified atom stereocenters. The van der Waals surface area contributed by atoms with Crippen LogP contribution in [0, 0.1) is 6.92 Å². The molecule has 0 fully saturated rings. The van der Waals surface area contributed by atoms with Gasteiger partial charge in [-0.1, -0.05) is 19.1 Å². The third-order valence-electron chi connectivity index (χ3n) is 3.67. The highest BCUT2D eigenvalue weighted by molar-refractivity contribution is 14.0. The van der Waals surface area contributed by atoms with E-state index in [9.17, 15) is 0 Å². The summed E-state index contributed by atoms with van der Waals surface area (Å²) in [6, 6.07) is 6.29. The molecule has 150 valence electrons. The van der Waals surface area contributed by atoms with E-state index in [1.54, 1.807) is 18.4 Å². The van der Waals surface area contributed by atoms with Gasteiger partial charge in [0.1, 0.15) is 16.4 Å². The lowest BCUT2D eigenvalue weighted by Crippen LogP contribution is -2.36. The molecule has 2 N–H and O–H groups in total. The minimum atomic E-state index is -0.232. The molecule has 0 saturated heterocycles. The van der Waals surface area contributed by atoms with Gasteiger partial charge in [0.25, 0.3) is 0 Å². The molecule has 0 aliphatic heterocycles. The van der Waals surface area contributed by atoms with Gasteiger partial charge in [-0.3, -0.25) is 4.99 Å². The van der Waals surface area contributed by atoms with E-state index in [-0.39, 0.29) is 29.6 Å². The lowest BCUT2D eigenvalue weighted by molar-refractivity contribution is 0.129. The Labute approximate surface area is 184 Å². The first-order valence-electron chi connectivity index (χ1n) is 8.97. The first-order chi connectivity index (χ1) is 12.3. The van der Waals surface area contributed by atoms with Crippen LogP contribution in [0.3, 0.4) is 0 Å². The van der Waals surface area contributed by atoms with Gasteiger partial charge < -0.3 is 15.4 Å². The normalized spacial score (nSPS) is 11.7. The summed E-state index contributed by atoms with van der Waals surface area (Å²) in [6.07, 6.45) is 2.97. The number of rotatable bonds is 6. The molecule has 0 spiro atoms. The van der Waals surface area contributed by atoms with E-state index in [1.165, 1.54) is 10.4 Å². The average Bonchev–Trinajstić information content (AvgIpc) is 3.03. The number of hydrogen-bond acceptors (Lipinski definition) is 4. The molecule has 0 atom stereocenters. The molecule has 0 radical (unpaired) electrons. The molecule has 0 aliphatic carbocycles. The quantitative estimate of drug-likeness (QED) is 0.343. The van der Waals surface area contributed by atoms with Crippen LogP contribution in [0.4, 0.5) is 0 Å². The van der Waals surface area contributed by atoms with Crippen molar-refractivity contribution in [1.82, 2.24) is 15.6 Å². The first kappa shape index (κ1) is 23.7. The summed E-state index contributed by atoms with van der Waals surface area (Å²) in [5.74, 6) is 1.66. The lowest BCUT2D eigenvalue weighted by Gasteiger charge is -2.24. The Morgan fingerprint density at radius 3 is 2.52 bits per heavy atom. The van der Waals surface area contributed by atoms with Crippen LogP contribution < -0.4 is 15.4 Å². The Morgan fingerprint density at radius 1 is 1.22 bits per heavy atom. The fraction of sp³-hybridized carbons (Fsp3) is 0.500. The zero-order chi connectivity index (χ0) is 19.2. The maximum absolute atomic E-state index is 6.12. The zero-order valence-electron chi connectivity index (χ0n) is 17.0. The molecule has 2 aromatic rings. The standard InChI is InChI=1S/C20H30N4OS.HI/c1-7-16-12-22-18(26-16)13-24-19(21-6)23-11-15-9-8-14(2)10-17(15)25-20(3,4)5;/h8-10,12H,7,11,13H2,1-6H3,(H2,21,23,24);1H. The topological polar surface area (TPSA) is 58.5 Å².